The van der Waals surface area contributed by atoms with Crippen LogP contribution in [-0.2, 0) is 27.9 Å². The van der Waals surface area contributed by atoms with Gasteiger partial charge in [-0.2, -0.15) is 4.31 Å². The van der Waals surface area contributed by atoms with E-state index in [4.69, 9.17) is 0 Å². The molecular formula is C28H32N4O4S. The Morgan fingerprint density at radius 3 is 2.41 bits per heavy atom. The third-order valence-corrected chi connectivity index (χ3v) is 9.02. The van der Waals surface area contributed by atoms with Crippen molar-refractivity contribution in [2.45, 2.75) is 37.2 Å². The van der Waals surface area contributed by atoms with Gasteiger partial charge >= 0.3 is 0 Å². The predicted octanol–water partition coefficient (Wildman–Crippen LogP) is 3.34. The second kappa shape index (κ2) is 9.89. The minimum absolute atomic E-state index is 0.0109. The van der Waals surface area contributed by atoms with Gasteiger partial charge in [-0.25, -0.2) is 8.42 Å². The van der Waals surface area contributed by atoms with E-state index in [2.05, 4.69) is 16.3 Å². The van der Waals surface area contributed by atoms with Gasteiger partial charge in [0, 0.05) is 56.0 Å². The number of carbonyl (C=O) groups excluding carboxylic acids is 1. The van der Waals surface area contributed by atoms with Gasteiger partial charge in [0.1, 0.15) is 0 Å². The summed E-state index contributed by atoms with van der Waals surface area (Å²) in [5.41, 5.74) is 4.17. The van der Waals surface area contributed by atoms with E-state index < -0.39 is 10.0 Å². The van der Waals surface area contributed by atoms with E-state index in [0.29, 0.717) is 30.9 Å². The van der Waals surface area contributed by atoms with Crippen LogP contribution in [0.1, 0.15) is 30.5 Å². The lowest BCUT2D eigenvalue weighted by molar-refractivity contribution is -0.114. The Labute approximate surface area is 217 Å². The van der Waals surface area contributed by atoms with Gasteiger partial charge in [-0.1, -0.05) is 24.3 Å². The molecule has 194 valence electrons. The summed E-state index contributed by atoms with van der Waals surface area (Å²) in [6.45, 7) is 3.36. The molecular weight excluding hydrogens is 488 g/mol. The van der Waals surface area contributed by atoms with Gasteiger partial charge in [0.05, 0.1) is 4.90 Å². The maximum Gasteiger partial charge on any atom is 0.258 e. The summed E-state index contributed by atoms with van der Waals surface area (Å²) in [6, 6.07) is 18.2. The first-order chi connectivity index (χ1) is 17.6. The Morgan fingerprint density at radius 2 is 1.70 bits per heavy atom. The fourth-order valence-corrected chi connectivity index (χ4v) is 7.19. The summed E-state index contributed by atoms with van der Waals surface area (Å²) >= 11 is 0. The summed E-state index contributed by atoms with van der Waals surface area (Å²) in [4.78, 5) is 27.2. The first-order valence-electron chi connectivity index (χ1n) is 12.5. The molecule has 2 aromatic carbocycles. The Bertz CT molecular complexity index is 1500. The maximum absolute atomic E-state index is 13.7. The third kappa shape index (κ3) is 4.99. The first kappa shape index (κ1) is 25.4. The second-order valence-electron chi connectivity index (χ2n) is 10.3. The summed E-state index contributed by atoms with van der Waals surface area (Å²) in [7, 11) is 0.316. The molecule has 2 aliphatic rings. The van der Waals surface area contributed by atoms with E-state index >= 15 is 0 Å². The van der Waals surface area contributed by atoms with Crippen molar-refractivity contribution in [2.24, 2.45) is 5.92 Å². The maximum atomic E-state index is 13.7. The Hall–Kier alpha value is -3.27. The molecule has 1 aromatic heterocycles. The van der Waals surface area contributed by atoms with Crippen molar-refractivity contribution in [3.8, 4) is 11.1 Å². The number of amides is 1. The molecule has 1 saturated heterocycles. The standard InChI is InChI=1S/C28H32N4O4S/c1-19(33)29-23-8-10-24(11-9-23)37(35,36)31-15-20-14-22(18-31)27-13-12-26(28(34)32(27)16-20)25-7-5-4-6-21(25)17-30(2)3/h4-13,20,22H,14-18H2,1-3H3,(H,29,33)/t20-,22-/m1/s1. The van der Waals surface area contributed by atoms with Gasteiger partial charge in [-0.3, -0.25) is 9.59 Å². The number of nitrogens with zero attached hydrogens (tertiary/aromatic N) is 3. The van der Waals surface area contributed by atoms with Crippen LogP contribution in [0.25, 0.3) is 11.1 Å². The molecule has 2 bridgehead atoms. The van der Waals surface area contributed by atoms with Crippen LogP contribution in [0, 0.1) is 5.92 Å². The van der Waals surface area contributed by atoms with Crippen molar-refractivity contribution in [3.63, 3.8) is 0 Å². The Balaban J connectivity index is 1.43. The lowest BCUT2D eigenvalue weighted by Gasteiger charge is -2.42. The first-order valence-corrected chi connectivity index (χ1v) is 13.9. The van der Waals surface area contributed by atoms with Crippen molar-refractivity contribution < 1.29 is 13.2 Å². The number of piperidine rings is 1. The molecule has 3 aromatic rings. The highest BCUT2D eigenvalue weighted by Crippen LogP contribution is 2.38. The predicted molar refractivity (Wildman–Crippen MR) is 144 cm³/mol. The molecule has 37 heavy (non-hydrogen) atoms. The molecule has 8 nitrogen and oxygen atoms in total. The van der Waals surface area contributed by atoms with Crippen molar-refractivity contribution in [2.75, 3.05) is 32.5 Å². The minimum Gasteiger partial charge on any atom is -0.326 e. The van der Waals surface area contributed by atoms with Crippen molar-refractivity contribution >= 4 is 21.6 Å². The van der Waals surface area contributed by atoms with E-state index in [0.717, 1.165) is 29.8 Å². The summed E-state index contributed by atoms with van der Waals surface area (Å²) in [6.07, 6.45) is 0.865. The van der Waals surface area contributed by atoms with Crippen molar-refractivity contribution in [1.29, 1.82) is 0 Å². The van der Waals surface area contributed by atoms with Crippen LogP contribution >= 0.6 is 0 Å². The highest BCUT2D eigenvalue weighted by Gasteiger charge is 2.39. The van der Waals surface area contributed by atoms with Crippen LogP contribution in [-0.4, -0.2) is 55.3 Å². The fourth-order valence-electron chi connectivity index (χ4n) is 5.63. The number of benzene rings is 2. The van der Waals surface area contributed by atoms with E-state index in [1.54, 1.807) is 16.4 Å². The van der Waals surface area contributed by atoms with Gasteiger partial charge in [-0.15, -0.1) is 0 Å². The molecule has 1 fully saturated rings. The fraction of sp³-hybridized carbons (Fsp3) is 0.357. The highest BCUT2D eigenvalue weighted by molar-refractivity contribution is 7.89. The summed E-state index contributed by atoms with van der Waals surface area (Å²) in [5.74, 6) is -0.193. The molecule has 0 saturated carbocycles. The van der Waals surface area contributed by atoms with Crippen molar-refractivity contribution in [1.82, 2.24) is 13.8 Å². The zero-order valence-corrected chi connectivity index (χ0v) is 22.2. The second-order valence-corrected chi connectivity index (χ2v) is 12.2. The Morgan fingerprint density at radius 1 is 0.973 bits per heavy atom. The molecule has 0 radical (unpaired) electrons. The molecule has 9 heteroatoms. The zero-order chi connectivity index (χ0) is 26.3. The number of nitrogens with one attached hydrogen (secondary N) is 1. The van der Waals surface area contributed by atoms with E-state index in [1.165, 1.54) is 19.1 Å². The van der Waals surface area contributed by atoms with Gasteiger partial charge in [0.15, 0.2) is 0 Å². The number of carbonyl (C=O) groups is 1. The van der Waals surface area contributed by atoms with E-state index in [9.17, 15) is 18.0 Å². The quantitative estimate of drug-likeness (QED) is 0.538. The highest BCUT2D eigenvalue weighted by atomic mass is 32.2. The average Bonchev–Trinajstić information content (AvgIpc) is 2.85. The largest absolute Gasteiger partial charge is 0.326 e. The molecule has 3 heterocycles. The molecule has 0 spiro atoms. The molecule has 2 atom stereocenters. The molecule has 0 unspecified atom stereocenters. The molecule has 5 rings (SSSR count). The third-order valence-electron chi connectivity index (χ3n) is 7.18. The van der Waals surface area contributed by atoms with Gasteiger partial charge in [0.25, 0.3) is 5.56 Å². The minimum atomic E-state index is -3.70. The van der Waals surface area contributed by atoms with Crippen LogP contribution in [0.3, 0.4) is 0 Å². The number of pyridine rings is 1. The Kier molecular flexibility index (Phi) is 6.78. The summed E-state index contributed by atoms with van der Waals surface area (Å²) < 4.78 is 30.3. The number of hydrogen-bond donors (Lipinski definition) is 1. The van der Waals surface area contributed by atoms with E-state index in [1.807, 2.05) is 49.0 Å². The number of sulfonamides is 1. The number of hydrogen-bond acceptors (Lipinski definition) is 5. The molecule has 2 aliphatic heterocycles. The number of anilines is 1. The average molecular weight is 521 g/mol. The number of fused-ring (bicyclic) bond motifs is 4. The lowest BCUT2D eigenvalue weighted by Crippen LogP contribution is -2.49. The van der Waals surface area contributed by atoms with Crippen LogP contribution in [0.4, 0.5) is 5.69 Å². The normalized spacial score (nSPS) is 19.5. The van der Waals surface area contributed by atoms with Crippen LogP contribution in [0.5, 0.6) is 0 Å². The monoisotopic (exact) mass is 520 g/mol. The summed E-state index contributed by atoms with van der Waals surface area (Å²) in [5, 5.41) is 2.66. The number of rotatable bonds is 6. The smallest absolute Gasteiger partial charge is 0.258 e. The zero-order valence-electron chi connectivity index (χ0n) is 21.3. The van der Waals surface area contributed by atoms with Gasteiger partial charge in [0.2, 0.25) is 15.9 Å². The SMILES string of the molecule is CC(=O)Nc1ccc(S(=O)(=O)N2C[C@H]3C[C@H](C2)c2ccc(-c4ccccc4CN(C)C)c(=O)n2C3)cc1. The number of aromatic nitrogens is 1. The molecule has 1 N–H and O–H groups in total. The van der Waals surface area contributed by atoms with E-state index in [-0.39, 0.29) is 28.2 Å². The van der Waals surface area contributed by atoms with Gasteiger partial charge < -0.3 is 14.8 Å². The van der Waals surface area contributed by atoms with Gasteiger partial charge in [-0.05, 0) is 74.0 Å². The molecule has 1 amide bonds. The van der Waals surface area contributed by atoms with Crippen LogP contribution in [0.2, 0.25) is 0 Å². The lowest BCUT2D eigenvalue weighted by atomic mass is 9.83. The molecule has 0 aliphatic carbocycles. The van der Waals surface area contributed by atoms with Crippen LogP contribution < -0.4 is 10.9 Å². The van der Waals surface area contributed by atoms with Crippen molar-refractivity contribution in [3.05, 3.63) is 82.3 Å². The van der Waals surface area contributed by atoms with Crippen LogP contribution in [0.15, 0.2) is 70.4 Å². The topological polar surface area (TPSA) is 91.7 Å².